The molecule has 0 radical (unpaired) electrons. The van der Waals surface area contributed by atoms with Crippen LogP contribution in [0.15, 0.2) is 35.1 Å². The second-order valence-corrected chi connectivity index (χ2v) is 2.44. The topological polar surface area (TPSA) is 66.4 Å². The van der Waals surface area contributed by atoms with E-state index in [-0.39, 0.29) is 12.0 Å². The maximum Gasteiger partial charge on any atom is 0.322 e. The molecule has 0 aliphatic carbocycles. The molecule has 1 aromatic rings. The van der Waals surface area contributed by atoms with Gasteiger partial charge in [-0.15, -0.1) is 0 Å². The Morgan fingerprint density at radius 3 is 2.69 bits per heavy atom. The van der Waals surface area contributed by atoms with Crippen LogP contribution in [0, 0.1) is 0 Å². The third-order valence-corrected chi connectivity index (χ3v) is 1.43. The van der Waals surface area contributed by atoms with Crippen molar-refractivity contribution in [1.29, 1.82) is 0 Å². The number of rotatable bonds is 3. The average Bonchev–Trinajstić information content (AvgIpc) is 2.27. The van der Waals surface area contributed by atoms with Crippen molar-refractivity contribution in [3.63, 3.8) is 0 Å². The summed E-state index contributed by atoms with van der Waals surface area (Å²) < 4.78 is 0. The smallest absolute Gasteiger partial charge is 0.322 e. The Balaban J connectivity index is 2.84. The fraction of sp³-hybridized carbons (Fsp3) is 0.111. The summed E-state index contributed by atoms with van der Waals surface area (Å²) in [6.07, 6.45) is 0. The summed E-state index contributed by atoms with van der Waals surface area (Å²) >= 11 is 0. The Morgan fingerprint density at radius 1 is 1.31 bits per heavy atom. The minimum Gasteiger partial charge on any atom is -0.480 e. The summed E-state index contributed by atoms with van der Waals surface area (Å²) in [6, 6.07) is 7.91. The first-order chi connectivity index (χ1) is 6.20. The maximum absolute atomic E-state index is 11.2. The normalized spacial score (nSPS) is 9.23. The molecule has 0 amide bonds. The van der Waals surface area contributed by atoms with E-state index in [2.05, 4.69) is 5.32 Å². The minimum absolute atomic E-state index is 0.216. The van der Waals surface area contributed by atoms with Gasteiger partial charge in [0.15, 0.2) is 0 Å². The predicted octanol–water partition coefficient (Wildman–Crippen LogP) is 0.543. The zero-order valence-corrected chi connectivity index (χ0v) is 6.86. The van der Waals surface area contributed by atoms with E-state index >= 15 is 0 Å². The van der Waals surface area contributed by atoms with Gasteiger partial charge in [-0.1, -0.05) is 18.2 Å². The Hall–Kier alpha value is -1.84. The molecule has 0 aliphatic heterocycles. The van der Waals surface area contributed by atoms with E-state index in [0.29, 0.717) is 5.69 Å². The van der Waals surface area contributed by atoms with E-state index in [9.17, 15) is 9.59 Å². The zero-order chi connectivity index (χ0) is 9.68. The first-order valence-electron chi connectivity index (χ1n) is 3.75. The van der Waals surface area contributed by atoms with Crippen molar-refractivity contribution in [2.45, 2.75) is 0 Å². The van der Waals surface area contributed by atoms with Gasteiger partial charge in [-0.25, -0.2) is 0 Å². The number of hydrogen-bond acceptors (Lipinski definition) is 3. The fourth-order valence-electron chi connectivity index (χ4n) is 0.848. The molecule has 1 aromatic carbocycles. The summed E-state index contributed by atoms with van der Waals surface area (Å²) in [5.41, 5.74) is 0.0821. The van der Waals surface area contributed by atoms with Gasteiger partial charge in [0.2, 0.25) is 5.43 Å². The van der Waals surface area contributed by atoms with E-state index in [1.807, 2.05) is 0 Å². The SMILES string of the molecule is O=C(O)CNc1cccccc1=O. The van der Waals surface area contributed by atoms with Gasteiger partial charge in [0.1, 0.15) is 6.54 Å². The molecule has 0 aliphatic rings. The molecule has 2 N–H and O–H groups in total. The lowest BCUT2D eigenvalue weighted by Crippen LogP contribution is -2.16. The Bertz CT molecular complexity index is 362. The van der Waals surface area contributed by atoms with Crippen molar-refractivity contribution >= 4 is 11.7 Å². The molecule has 0 spiro atoms. The number of carbonyl (C=O) groups is 1. The van der Waals surface area contributed by atoms with Crippen molar-refractivity contribution in [3.05, 3.63) is 40.6 Å². The highest BCUT2D eigenvalue weighted by molar-refractivity contribution is 5.72. The van der Waals surface area contributed by atoms with Crippen molar-refractivity contribution in [2.75, 3.05) is 11.9 Å². The number of carboxylic acid groups (broad SMARTS) is 1. The van der Waals surface area contributed by atoms with Crippen LogP contribution >= 0.6 is 0 Å². The molecule has 0 heterocycles. The molecule has 68 valence electrons. The molecule has 0 unspecified atom stereocenters. The highest BCUT2D eigenvalue weighted by Gasteiger charge is 1.98. The van der Waals surface area contributed by atoms with E-state index in [4.69, 9.17) is 5.11 Å². The highest BCUT2D eigenvalue weighted by Crippen LogP contribution is 1.95. The first kappa shape index (κ1) is 9.25. The number of anilines is 1. The highest BCUT2D eigenvalue weighted by atomic mass is 16.4. The lowest BCUT2D eigenvalue weighted by atomic mass is 10.4. The molecule has 0 aromatic heterocycles. The fourth-order valence-corrected chi connectivity index (χ4v) is 0.848. The lowest BCUT2D eigenvalue weighted by molar-refractivity contribution is -0.134. The summed E-state index contributed by atoms with van der Waals surface area (Å²) in [5.74, 6) is -0.995. The second kappa shape index (κ2) is 4.25. The van der Waals surface area contributed by atoms with E-state index in [1.165, 1.54) is 6.07 Å². The van der Waals surface area contributed by atoms with Crippen LogP contribution in [0.5, 0.6) is 0 Å². The van der Waals surface area contributed by atoms with Crippen LogP contribution < -0.4 is 10.7 Å². The van der Waals surface area contributed by atoms with Crippen LogP contribution in [0.3, 0.4) is 0 Å². The molecular weight excluding hydrogens is 170 g/mol. The van der Waals surface area contributed by atoms with Crippen LogP contribution in [0.1, 0.15) is 0 Å². The molecule has 13 heavy (non-hydrogen) atoms. The monoisotopic (exact) mass is 179 g/mol. The average molecular weight is 179 g/mol. The molecule has 0 atom stereocenters. The quantitative estimate of drug-likeness (QED) is 0.710. The van der Waals surface area contributed by atoms with Gasteiger partial charge < -0.3 is 10.4 Å². The number of aliphatic carboxylic acids is 1. The summed E-state index contributed by atoms with van der Waals surface area (Å²) in [4.78, 5) is 21.4. The second-order valence-electron chi connectivity index (χ2n) is 2.44. The Morgan fingerprint density at radius 2 is 2.00 bits per heavy atom. The van der Waals surface area contributed by atoms with Crippen LogP contribution in [-0.2, 0) is 4.79 Å². The Labute approximate surface area is 74.8 Å². The van der Waals surface area contributed by atoms with Gasteiger partial charge in [-0.2, -0.15) is 0 Å². The van der Waals surface area contributed by atoms with Crippen molar-refractivity contribution in [2.24, 2.45) is 0 Å². The molecule has 4 heteroatoms. The molecule has 0 saturated heterocycles. The molecular formula is C9H9NO3. The summed E-state index contributed by atoms with van der Waals surface area (Å²) in [7, 11) is 0. The van der Waals surface area contributed by atoms with Crippen molar-refractivity contribution in [1.82, 2.24) is 0 Å². The molecule has 0 saturated carbocycles. The maximum atomic E-state index is 11.2. The van der Waals surface area contributed by atoms with Gasteiger partial charge in [0.05, 0.1) is 5.69 Å². The zero-order valence-electron chi connectivity index (χ0n) is 6.86. The van der Waals surface area contributed by atoms with Gasteiger partial charge in [-0.3, -0.25) is 9.59 Å². The third-order valence-electron chi connectivity index (χ3n) is 1.43. The predicted molar refractivity (Wildman–Crippen MR) is 48.8 cm³/mol. The standard InChI is InChI=1S/C9H9NO3/c11-8-5-3-1-2-4-7(8)10-6-9(12)13/h1-5H,6H2,(H,10,11)(H,12,13). The molecule has 0 bridgehead atoms. The van der Waals surface area contributed by atoms with Gasteiger partial charge in [0, 0.05) is 0 Å². The van der Waals surface area contributed by atoms with Crippen LogP contribution in [-0.4, -0.2) is 17.6 Å². The molecule has 0 fully saturated rings. The largest absolute Gasteiger partial charge is 0.480 e. The Kier molecular flexibility index (Phi) is 3.03. The van der Waals surface area contributed by atoms with Gasteiger partial charge in [0.25, 0.3) is 0 Å². The summed E-state index contributed by atoms with van der Waals surface area (Å²) in [6.45, 7) is -0.251. The van der Waals surface area contributed by atoms with Gasteiger partial charge >= 0.3 is 5.97 Å². The van der Waals surface area contributed by atoms with Crippen LogP contribution in [0.4, 0.5) is 5.69 Å². The van der Waals surface area contributed by atoms with E-state index < -0.39 is 5.97 Å². The number of hydrogen-bond donors (Lipinski definition) is 2. The lowest BCUT2D eigenvalue weighted by Gasteiger charge is -1.97. The minimum atomic E-state index is -0.995. The summed E-state index contributed by atoms with van der Waals surface area (Å²) in [5, 5.41) is 10.9. The van der Waals surface area contributed by atoms with Crippen LogP contribution in [0.25, 0.3) is 0 Å². The van der Waals surface area contributed by atoms with E-state index in [1.54, 1.807) is 24.3 Å². The van der Waals surface area contributed by atoms with Crippen LogP contribution in [0.2, 0.25) is 0 Å². The number of carboxylic acids is 1. The number of nitrogens with one attached hydrogen (secondary N) is 1. The van der Waals surface area contributed by atoms with Crippen molar-refractivity contribution < 1.29 is 9.90 Å². The first-order valence-corrected chi connectivity index (χ1v) is 3.75. The third kappa shape index (κ3) is 2.94. The molecule has 1 rings (SSSR count). The van der Waals surface area contributed by atoms with Gasteiger partial charge in [-0.05, 0) is 12.1 Å². The van der Waals surface area contributed by atoms with Crippen molar-refractivity contribution in [3.8, 4) is 0 Å². The van der Waals surface area contributed by atoms with E-state index in [0.717, 1.165) is 0 Å². The molecule has 4 nitrogen and oxygen atoms in total.